The Labute approximate surface area is 129 Å². The van der Waals surface area contributed by atoms with Gasteiger partial charge in [0.1, 0.15) is 0 Å². The molecule has 22 heavy (non-hydrogen) atoms. The number of aromatic amines is 1. The predicted octanol–water partition coefficient (Wildman–Crippen LogP) is 1.56. The lowest BCUT2D eigenvalue weighted by molar-refractivity contribution is -0.0133. The van der Waals surface area contributed by atoms with Crippen molar-refractivity contribution < 1.29 is 9.53 Å². The van der Waals surface area contributed by atoms with E-state index in [0.29, 0.717) is 26.2 Å². The minimum Gasteiger partial charge on any atom is -0.374 e. The lowest BCUT2D eigenvalue weighted by Gasteiger charge is -2.33. The van der Waals surface area contributed by atoms with Crippen LogP contribution in [0, 0.1) is 0 Å². The number of rotatable bonds is 4. The molecule has 3 rings (SSSR count). The number of benzene rings is 1. The number of morpholine rings is 1. The minimum atomic E-state index is -0.0593. The Morgan fingerprint density at radius 1 is 1.36 bits per heavy atom. The second-order valence-electron chi connectivity index (χ2n) is 5.37. The summed E-state index contributed by atoms with van der Waals surface area (Å²) in [6.07, 6.45) is 2.55. The highest BCUT2D eigenvalue weighted by Gasteiger charge is 2.24. The van der Waals surface area contributed by atoms with Crippen molar-refractivity contribution >= 4 is 6.03 Å². The van der Waals surface area contributed by atoms with Gasteiger partial charge in [0.05, 0.1) is 24.9 Å². The number of H-pyrrole nitrogens is 1. The molecular weight excluding hydrogens is 280 g/mol. The molecule has 0 aliphatic carbocycles. The first-order valence-electron chi connectivity index (χ1n) is 7.48. The van der Waals surface area contributed by atoms with E-state index in [4.69, 9.17) is 4.74 Å². The van der Waals surface area contributed by atoms with E-state index in [1.165, 1.54) is 5.56 Å². The van der Waals surface area contributed by atoms with Crippen molar-refractivity contribution in [2.24, 2.45) is 0 Å². The summed E-state index contributed by atoms with van der Waals surface area (Å²) in [5.41, 5.74) is 2.12. The van der Waals surface area contributed by atoms with Crippen LogP contribution in [0.5, 0.6) is 0 Å². The first-order valence-corrected chi connectivity index (χ1v) is 7.48. The summed E-state index contributed by atoms with van der Waals surface area (Å²) in [5, 5.41) is 9.59. The van der Waals surface area contributed by atoms with Crippen molar-refractivity contribution in [3.05, 3.63) is 53.9 Å². The Morgan fingerprint density at radius 2 is 2.23 bits per heavy atom. The predicted molar refractivity (Wildman–Crippen MR) is 82.3 cm³/mol. The van der Waals surface area contributed by atoms with Crippen LogP contribution in [-0.2, 0) is 17.7 Å². The van der Waals surface area contributed by atoms with E-state index in [-0.39, 0.29) is 12.1 Å². The molecule has 1 saturated heterocycles. The van der Waals surface area contributed by atoms with Gasteiger partial charge in [-0.25, -0.2) is 4.79 Å². The molecule has 1 aromatic carbocycles. The summed E-state index contributed by atoms with van der Waals surface area (Å²) in [6.45, 7) is 2.28. The lowest BCUT2D eigenvalue weighted by Crippen LogP contribution is -2.50. The zero-order valence-electron chi connectivity index (χ0n) is 12.4. The van der Waals surface area contributed by atoms with E-state index in [1.54, 1.807) is 6.20 Å². The number of carbonyl (C=O) groups is 1. The fourth-order valence-electron chi connectivity index (χ4n) is 2.57. The first kappa shape index (κ1) is 14.6. The van der Waals surface area contributed by atoms with Gasteiger partial charge in [-0.15, -0.1) is 0 Å². The molecule has 0 unspecified atom stereocenters. The van der Waals surface area contributed by atoms with Crippen molar-refractivity contribution in [1.82, 2.24) is 20.4 Å². The maximum absolute atomic E-state index is 12.2. The molecule has 1 aliphatic rings. The maximum Gasteiger partial charge on any atom is 0.317 e. The number of hydrogen-bond acceptors (Lipinski definition) is 3. The largest absolute Gasteiger partial charge is 0.374 e. The summed E-state index contributed by atoms with van der Waals surface area (Å²) in [5.74, 6) is 0. The van der Waals surface area contributed by atoms with Crippen LogP contribution in [-0.4, -0.2) is 46.9 Å². The van der Waals surface area contributed by atoms with Gasteiger partial charge in [-0.2, -0.15) is 5.10 Å². The highest BCUT2D eigenvalue weighted by atomic mass is 16.5. The summed E-state index contributed by atoms with van der Waals surface area (Å²) < 4.78 is 5.77. The number of carbonyl (C=O) groups excluding carboxylic acids is 1. The van der Waals surface area contributed by atoms with Gasteiger partial charge >= 0.3 is 6.03 Å². The Kier molecular flexibility index (Phi) is 4.70. The quantitative estimate of drug-likeness (QED) is 0.900. The maximum atomic E-state index is 12.2. The van der Waals surface area contributed by atoms with Crippen molar-refractivity contribution in [2.75, 3.05) is 19.7 Å². The van der Waals surface area contributed by atoms with Gasteiger partial charge in [0, 0.05) is 25.7 Å². The molecule has 0 saturated carbocycles. The molecule has 6 nitrogen and oxygen atoms in total. The summed E-state index contributed by atoms with van der Waals surface area (Å²) >= 11 is 0. The Balaban J connectivity index is 1.50. The van der Waals surface area contributed by atoms with Gasteiger partial charge in [0.15, 0.2) is 0 Å². The van der Waals surface area contributed by atoms with Gasteiger partial charge in [0.25, 0.3) is 0 Å². The van der Waals surface area contributed by atoms with Crippen molar-refractivity contribution in [3.63, 3.8) is 0 Å². The fraction of sp³-hybridized carbons (Fsp3) is 0.375. The molecule has 2 amide bonds. The van der Waals surface area contributed by atoms with E-state index < -0.39 is 0 Å². The molecule has 116 valence electrons. The first-order chi connectivity index (χ1) is 10.8. The molecule has 0 bridgehead atoms. The molecule has 1 fully saturated rings. The van der Waals surface area contributed by atoms with E-state index in [9.17, 15) is 4.79 Å². The van der Waals surface area contributed by atoms with Crippen molar-refractivity contribution in [3.8, 4) is 0 Å². The molecule has 1 aromatic heterocycles. The second-order valence-corrected chi connectivity index (χ2v) is 5.37. The Bertz CT molecular complexity index is 585. The van der Waals surface area contributed by atoms with Crippen LogP contribution in [0.3, 0.4) is 0 Å². The van der Waals surface area contributed by atoms with Gasteiger partial charge in [0.2, 0.25) is 0 Å². The molecule has 1 aliphatic heterocycles. The molecule has 2 N–H and O–H groups in total. The van der Waals surface area contributed by atoms with Gasteiger partial charge < -0.3 is 15.0 Å². The lowest BCUT2D eigenvalue weighted by atomic mass is 10.1. The third kappa shape index (κ3) is 3.85. The van der Waals surface area contributed by atoms with Crippen LogP contribution in [0.1, 0.15) is 11.3 Å². The zero-order chi connectivity index (χ0) is 15.2. The molecular formula is C16H20N4O2. The number of nitrogens with one attached hydrogen (secondary N) is 2. The number of hydrogen-bond donors (Lipinski definition) is 2. The van der Waals surface area contributed by atoms with E-state index in [0.717, 1.165) is 12.1 Å². The van der Waals surface area contributed by atoms with Crippen LogP contribution in [0.25, 0.3) is 0 Å². The normalized spacial score (nSPS) is 18.2. The number of amides is 2. The Morgan fingerprint density at radius 3 is 3.00 bits per heavy atom. The van der Waals surface area contributed by atoms with Gasteiger partial charge in [-0.1, -0.05) is 30.3 Å². The van der Waals surface area contributed by atoms with E-state index in [2.05, 4.69) is 27.6 Å². The SMILES string of the molecule is O=C(NCc1ccn[nH]1)N1CCO[C@H](Cc2ccccc2)C1. The van der Waals surface area contributed by atoms with Crippen LogP contribution in [0.2, 0.25) is 0 Å². The highest BCUT2D eigenvalue weighted by Crippen LogP contribution is 2.12. The number of ether oxygens (including phenoxy) is 1. The topological polar surface area (TPSA) is 70.2 Å². The summed E-state index contributed by atoms with van der Waals surface area (Å²) in [7, 11) is 0. The molecule has 2 aromatic rings. The third-order valence-electron chi connectivity index (χ3n) is 3.72. The van der Waals surface area contributed by atoms with Gasteiger partial charge in [-0.05, 0) is 11.6 Å². The second kappa shape index (κ2) is 7.09. The van der Waals surface area contributed by atoms with Crippen LogP contribution in [0.4, 0.5) is 4.79 Å². The van der Waals surface area contributed by atoms with Crippen LogP contribution < -0.4 is 5.32 Å². The standard InChI is InChI=1S/C16H20N4O2/c21-16(17-11-14-6-7-18-19-14)20-8-9-22-15(12-20)10-13-4-2-1-3-5-13/h1-7,15H,8-12H2,(H,17,21)(H,18,19)/t15-/m1/s1. The van der Waals surface area contributed by atoms with Crippen molar-refractivity contribution in [2.45, 2.75) is 19.1 Å². The molecule has 1 atom stereocenters. The van der Waals surface area contributed by atoms with E-state index in [1.807, 2.05) is 29.2 Å². The summed E-state index contributed by atoms with van der Waals surface area (Å²) in [4.78, 5) is 14.0. The monoisotopic (exact) mass is 300 g/mol. The van der Waals surface area contributed by atoms with Crippen LogP contribution in [0.15, 0.2) is 42.6 Å². The number of nitrogens with zero attached hydrogens (tertiary/aromatic N) is 2. The molecule has 0 spiro atoms. The summed E-state index contributed by atoms with van der Waals surface area (Å²) in [6, 6.07) is 12.0. The zero-order valence-corrected chi connectivity index (χ0v) is 12.4. The third-order valence-corrected chi connectivity index (χ3v) is 3.72. The van der Waals surface area contributed by atoms with Crippen LogP contribution >= 0.6 is 0 Å². The van der Waals surface area contributed by atoms with E-state index >= 15 is 0 Å². The molecule has 2 heterocycles. The van der Waals surface area contributed by atoms with Gasteiger partial charge in [-0.3, -0.25) is 5.10 Å². The highest BCUT2D eigenvalue weighted by molar-refractivity contribution is 5.74. The number of aromatic nitrogens is 2. The minimum absolute atomic E-state index is 0.0501. The van der Waals surface area contributed by atoms with Crippen molar-refractivity contribution in [1.29, 1.82) is 0 Å². The smallest absolute Gasteiger partial charge is 0.317 e. The molecule has 0 radical (unpaired) electrons. The Hall–Kier alpha value is -2.34. The average molecular weight is 300 g/mol. The molecule has 6 heteroatoms. The fourth-order valence-corrected chi connectivity index (χ4v) is 2.57. The number of urea groups is 1. The average Bonchev–Trinajstić information content (AvgIpc) is 3.07.